The van der Waals surface area contributed by atoms with Gasteiger partial charge in [-0.3, -0.25) is 0 Å². The summed E-state index contributed by atoms with van der Waals surface area (Å²) >= 11 is 0. The van der Waals surface area contributed by atoms with E-state index in [0.717, 1.165) is 11.5 Å². The van der Waals surface area contributed by atoms with Crippen molar-refractivity contribution >= 4 is 28.0 Å². The fourth-order valence-corrected chi connectivity index (χ4v) is 2.13. The highest BCUT2D eigenvalue weighted by Gasteiger charge is 2.12. The molecular weight excluding hydrogens is 184 g/mol. The fourth-order valence-electron chi connectivity index (χ4n) is 2.13. The molecule has 0 fully saturated rings. The van der Waals surface area contributed by atoms with Crippen LogP contribution >= 0.6 is 0 Å². The fraction of sp³-hybridized carbons (Fsp3) is 0.154. The zero-order valence-electron chi connectivity index (χ0n) is 8.83. The van der Waals surface area contributed by atoms with Crippen LogP contribution in [0.1, 0.15) is 12.5 Å². The number of benzene rings is 2. The summed E-state index contributed by atoms with van der Waals surface area (Å²) in [6, 6.07) is 10.5. The molecule has 0 aliphatic carbocycles. The molecule has 2 heteroatoms. The van der Waals surface area contributed by atoms with Crippen LogP contribution in [-0.2, 0) is 0 Å². The molecule has 15 heavy (non-hydrogen) atoms. The van der Waals surface area contributed by atoms with Crippen molar-refractivity contribution in [3.8, 4) is 0 Å². The highest BCUT2D eigenvalue weighted by atomic mass is 15.0. The Hall–Kier alpha value is -1.83. The van der Waals surface area contributed by atoms with Crippen LogP contribution in [0.4, 0.5) is 11.4 Å². The maximum absolute atomic E-state index is 4.51. The Kier molecular flexibility index (Phi) is 1.60. The number of aliphatic imine (C=N–C) groups is 1. The minimum Gasteiger partial charge on any atom is -0.343 e. The van der Waals surface area contributed by atoms with Crippen LogP contribution in [0.5, 0.6) is 0 Å². The summed E-state index contributed by atoms with van der Waals surface area (Å²) in [6.45, 7) is 4.12. The maximum Gasteiger partial charge on any atom is 0.103 e. The van der Waals surface area contributed by atoms with Gasteiger partial charge in [-0.05, 0) is 36.9 Å². The number of nitrogens with one attached hydrogen (secondary N) is 1. The molecule has 0 unspecified atom stereocenters. The second-order valence-electron chi connectivity index (χ2n) is 3.95. The van der Waals surface area contributed by atoms with E-state index in [0.29, 0.717) is 0 Å². The van der Waals surface area contributed by atoms with Crippen LogP contribution < -0.4 is 5.32 Å². The quantitative estimate of drug-likeness (QED) is 0.683. The van der Waals surface area contributed by atoms with Gasteiger partial charge in [-0.15, -0.1) is 0 Å². The molecule has 0 bridgehead atoms. The lowest BCUT2D eigenvalue weighted by molar-refractivity contribution is 1.43. The lowest BCUT2D eigenvalue weighted by atomic mass is 10.0. The molecule has 0 saturated heterocycles. The minimum absolute atomic E-state index is 0.957. The summed E-state index contributed by atoms with van der Waals surface area (Å²) in [6.07, 6.45) is 0. The number of nitrogens with zero attached hydrogens (tertiary/aromatic N) is 1. The third-order valence-electron chi connectivity index (χ3n) is 2.84. The molecule has 0 radical (unpaired) electrons. The van der Waals surface area contributed by atoms with E-state index in [-0.39, 0.29) is 0 Å². The van der Waals surface area contributed by atoms with Gasteiger partial charge in [0.05, 0.1) is 5.69 Å². The van der Waals surface area contributed by atoms with Crippen molar-refractivity contribution < 1.29 is 0 Å². The van der Waals surface area contributed by atoms with Crippen molar-refractivity contribution in [2.45, 2.75) is 13.8 Å². The second-order valence-corrected chi connectivity index (χ2v) is 3.95. The zero-order chi connectivity index (χ0) is 10.4. The molecule has 74 valence electrons. The maximum atomic E-state index is 4.51. The Morgan fingerprint density at radius 1 is 1.07 bits per heavy atom. The molecule has 2 aromatic carbocycles. The van der Waals surface area contributed by atoms with E-state index in [9.17, 15) is 0 Å². The van der Waals surface area contributed by atoms with Crippen LogP contribution in [0.3, 0.4) is 0 Å². The molecule has 3 rings (SSSR count). The van der Waals surface area contributed by atoms with Crippen LogP contribution in [0.2, 0.25) is 0 Å². The number of rotatable bonds is 0. The van der Waals surface area contributed by atoms with Gasteiger partial charge in [0.15, 0.2) is 0 Å². The molecule has 0 spiro atoms. The number of hydrogen-bond acceptors (Lipinski definition) is 2. The smallest absolute Gasteiger partial charge is 0.103 e. The number of hydrogen-bond donors (Lipinski definition) is 1. The van der Waals surface area contributed by atoms with Gasteiger partial charge in [-0.2, -0.15) is 0 Å². The van der Waals surface area contributed by atoms with E-state index in [1.165, 1.54) is 22.0 Å². The van der Waals surface area contributed by atoms with Gasteiger partial charge in [0, 0.05) is 11.1 Å². The topological polar surface area (TPSA) is 24.4 Å². The Balaban J connectivity index is 2.51. The summed E-state index contributed by atoms with van der Waals surface area (Å²) in [4.78, 5) is 4.51. The zero-order valence-corrected chi connectivity index (χ0v) is 8.83. The molecule has 1 N–H and O–H groups in total. The molecule has 1 aliphatic rings. The van der Waals surface area contributed by atoms with Crippen molar-refractivity contribution in [2.75, 3.05) is 5.32 Å². The summed E-state index contributed by atoms with van der Waals surface area (Å²) < 4.78 is 0. The third kappa shape index (κ3) is 1.14. The molecule has 0 aromatic heterocycles. The van der Waals surface area contributed by atoms with Crippen molar-refractivity contribution in [3.05, 3.63) is 35.9 Å². The number of amidine groups is 1. The lowest BCUT2D eigenvalue weighted by Gasteiger charge is -2.17. The molecule has 0 atom stereocenters. The molecule has 1 aliphatic heterocycles. The lowest BCUT2D eigenvalue weighted by Crippen LogP contribution is -2.10. The summed E-state index contributed by atoms with van der Waals surface area (Å²) in [7, 11) is 0. The van der Waals surface area contributed by atoms with Gasteiger partial charge in [-0.25, -0.2) is 4.99 Å². The average molecular weight is 196 g/mol. The SMILES string of the molecule is CC1=Nc2ccc(C)c3cccc(c23)N1. The molecule has 0 amide bonds. The van der Waals surface area contributed by atoms with E-state index in [1.54, 1.807) is 0 Å². The summed E-state index contributed by atoms with van der Waals surface area (Å²) in [5.74, 6) is 0.957. The standard InChI is InChI=1S/C13H12N2/c1-8-6-7-12-13-10(8)4-3-5-11(13)14-9(2)15-12/h3-7H,1-2H3,(H,14,15). The van der Waals surface area contributed by atoms with Crippen LogP contribution in [0.25, 0.3) is 10.8 Å². The van der Waals surface area contributed by atoms with Gasteiger partial charge in [0.2, 0.25) is 0 Å². The largest absolute Gasteiger partial charge is 0.343 e. The average Bonchev–Trinajstić information content (AvgIpc) is 2.23. The highest BCUT2D eigenvalue weighted by Crippen LogP contribution is 2.36. The van der Waals surface area contributed by atoms with E-state index >= 15 is 0 Å². The molecule has 2 nitrogen and oxygen atoms in total. The third-order valence-corrected chi connectivity index (χ3v) is 2.84. The Labute approximate surface area is 88.6 Å². The van der Waals surface area contributed by atoms with Crippen molar-refractivity contribution in [1.29, 1.82) is 0 Å². The van der Waals surface area contributed by atoms with Crippen LogP contribution in [0, 0.1) is 6.92 Å². The first kappa shape index (κ1) is 8.48. The minimum atomic E-state index is 0.957. The van der Waals surface area contributed by atoms with Gasteiger partial charge in [0.25, 0.3) is 0 Å². The van der Waals surface area contributed by atoms with E-state index in [2.05, 4.69) is 47.6 Å². The first-order chi connectivity index (χ1) is 7.25. The first-order valence-electron chi connectivity index (χ1n) is 5.10. The molecule has 1 heterocycles. The van der Waals surface area contributed by atoms with Gasteiger partial charge >= 0.3 is 0 Å². The van der Waals surface area contributed by atoms with Crippen molar-refractivity contribution in [2.24, 2.45) is 4.99 Å². The summed E-state index contributed by atoms with van der Waals surface area (Å²) in [5, 5.41) is 5.83. The molecule has 2 aromatic rings. The monoisotopic (exact) mass is 196 g/mol. The predicted molar refractivity (Wildman–Crippen MR) is 65.1 cm³/mol. The first-order valence-corrected chi connectivity index (χ1v) is 5.10. The highest BCUT2D eigenvalue weighted by molar-refractivity contribution is 6.13. The Bertz CT molecular complexity index is 582. The van der Waals surface area contributed by atoms with Crippen LogP contribution in [0.15, 0.2) is 35.3 Å². The van der Waals surface area contributed by atoms with E-state index < -0.39 is 0 Å². The Morgan fingerprint density at radius 2 is 1.93 bits per heavy atom. The Morgan fingerprint density at radius 3 is 2.80 bits per heavy atom. The molecular formula is C13H12N2. The van der Waals surface area contributed by atoms with Crippen LogP contribution in [-0.4, -0.2) is 5.84 Å². The van der Waals surface area contributed by atoms with Gasteiger partial charge in [0.1, 0.15) is 5.84 Å². The van der Waals surface area contributed by atoms with E-state index in [4.69, 9.17) is 0 Å². The van der Waals surface area contributed by atoms with Crippen molar-refractivity contribution in [3.63, 3.8) is 0 Å². The number of aryl methyl sites for hydroxylation is 1. The predicted octanol–water partition coefficient (Wildman–Crippen LogP) is 3.62. The van der Waals surface area contributed by atoms with Gasteiger partial charge < -0.3 is 5.32 Å². The number of anilines is 1. The second kappa shape index (κ2) is 2.83. The molecule has 0 saturated carbocycles. The van der Waals surface area contributed by atoms with Crippen molar-refractivity contribution in [1.82, 2.24) is 0 Å². The summed E-state index contributed by atoms with van der Waals surface area (Å²) in [5.41, 5.74) is 3.54. The van der Waals surface area contributed by atoms with E-state index in [1.807, 2.05) is 6.92 Å². The van der Waals surface area contributed by atoms with Gasteiger partial charge in [-0.1, -0.05) is 18.2 Å². The normalized spacial score (nSPS) is 13.6.